The summed E-state index contributed by atoms with van der Waals surface area (Å²) in [5.74, 6) is -0.786. The fraction of sp³-hybridized carbons (Fsp3) is 0.800. The van der Waals surface area contributed by atoms with Gasteiger partial charge in [0.25, 0.3) is 0 Å². The summed E-state index contributed by atoms with van der Waals surface area (Å²) in [4.78, 5) is 22.2. The highest BCUT2D eigenvalue weighted by Gasteiger charge is 2.17. The summed E-state index contributed by atoms with van der Waals surface area (Å²) in [7, 11) is 0. The molecule has 1 amide bonds. The largest absolute Gasteiger partial charge is 0.466 e. The van der Waals surface area contributed by atoms with Crippen molar-refractivity contribution in [3.63, 3.8) is 0 Å². The Morgan fingerprint density at radius 1 is 1.53 bits per heavy atom. The van der Waals surface area contributed by atoms with Gasteiger partial charge in [0.2, 0.25) is 5.91 Å². The molecule has 0 aromatic carbocycles. The quantitative estimate of drug-likeness (QED) is 0.527. The van der Waals surface area contributed by atoms with Crippen LogP contribution in [0.2, 0.25) is 0 Å². The van der Waals surface area contributed by atoms with Gasteiger partial charge in [0.05, 0.1) is 12.7 Å². The molecule has 1 rings (SSSR count). The van der Waals surface area contributed by atoms with E-state index in [-0.39, 0.29) is 18.4 Å². The third kappa shape index (κ3) is 4.78. The highest BCUT2D eigenvalue weighted by atomic mass is 16.5. The summed E-state index contributed by atoms with van der Waals surface area (Å²) in [6.45, 7) is 3.26. The second kappa shape index (κ2) is 6.40. The Morgan fingerprint density at radius 2 is 2.33 bits per heavy atom. The van der Waals surface area contributed by atoms with E-state index >= 15 is 0 Å². The van der Waals surface area contributed by atoms with Gasteiger partial charge in [-0.15, -0.1) is 0 Å². The maximum atomic E-state index is 11.2. The minimum atomic E-state index is -0.484. The molecule has 5 heteroatoms. The van der Waals surface area contributed by atoms with Gasteiger partial charge in [0.1, 0.15) is 6.42 Å². The van der Waals surface area contributed by atoms with E-state index in [0.29, 0.717) is 13.2 Å². The predicted octanol–water partition coefficient (Wildman–Crippen LogP) is 0.235. The zero-order valence-corrected chi connectivity index (χ0v) is 8.95. The van der Waals surface area contributed by atoms with Crippen LogP contribution < -0.4 is 5.32 Å². The Balaban J connectivity index is 2.09. The van der Waals surface area contributed by atoms with Crippen LogP contribution in [0.5, 0.6) is 0 Å². The smallest absolute Gasteiger partial charge is 0.315 e. The molecule has 0 aromatic rings. The Kier molecular flexibility index (Phi) is 5.10. The van der Waals surface area contributed by atoms with Crippen molar-refractivity contribution in [1.29, 1.82) is 0 Å². The summed E-state index contributed by atoms with van der Waals surface area (Å²) in [6, 6.07) is 0. The zero-order valence-electron chi connectivity index (χ0n) is 8.95. The number of esters is 1. The topological polar surface area (TPSA) is 64.6 Å². The molecular weight excluding hydrogens is 198 g/mol. The maximum absolute atomic E-state index is 11.2. The van der Waals surface area contributed by atoms with E-state index in [1.165, 1.54) is 0 Å². The molecule has 1 unspecified atom stereocenters. The van der Waals surface area contributed by atoms with Crippen LogP contribution in [0, 0.1) is 0 Å². The average molecular weight is 215 g/mol. The summed E-state index contributed by atoms with van der Waals surface area (Å²) < 4.78 is 9.98. The van der Waals surface area contributed by atoms with Gasteiger partial charge in [-0.1, -0.05) is 0 Å². The summed E-state index contributed by atoms with van der Waals surface area (Å²) in [6.07, 6.45) is 1.91. The van der Waals surface area contributed by atoms with Crippen molar-refractivity contribution in [2.45, 2.75) is 32.3 Å². The Morgan fingerprint density at radius 3 is 2.93 bits per heavy atom. The molecule has 5 nitrogen and oxygen atoms in total. The zero-order chi connectivity index (χ0) is 11.1. The molecule has 1 aliphatic heterocycles. The Hall–Kier alpha value is -1.10. The van der Waals surface area contributed by atoms with Crippen molar-refractivity contribution in [2.24, 2.45) is 0 Å². The number of hydrogen-bond donors (Lipinski definition) is 1. The second-order valence-corrected chi connectivity index (χ2v) is 3.42. The molecule has 1 fully saturated rings. The first-order valence-electron chi connectivity index (χ1n) is 5.26. The van der Waals surface area contributed by atoms with Gasteiger partial charge in [-0.2, -0.15) is 0 Å². The standard InChI is InChI=1S/C10H17NO4/c1-2-14-10(13)6-9(12)11-7-8-4-3-5-15-8/h8H,2-7H2,1H3,(H,11,12). The van der Waals surface area contributed by atoms with Gasteiger partial charge < -0.3 is 14.8 Å². The molecule has 1 aliphatic rings. The van der Waals surface area contributed by atoms with Crippen molar-refractivity contribution in [3.05, 3.63) is 0 Å². The van der Waals surface area contributed by atoms with Crippen LogP contribution in [0.3, 0.4) is 0 Å². The lowest BCUT2D eigenvalue weighted by molar-refractivity contribution is -0.146. The van der Waals surface area contributed by atoms with Gasteiger partial charge in [0.15, 0.2) is 0 Å². The first kappa shape index (κ1) is 12.0. The Labute approximate surface area is 89.1 Å². The Bertz CT molecular complexity index is 223. The first-order chi connectivity index (χ1) is 7.22. The SMILES string of the molecule is CCOC(=O)CC(=O)NCC1CCCO1. The number of amides is 1. The minimum absolute atomic E-state index is 0.108. The molecule has 0 bridgehead atoms. The van der Waals surface area contributed by atoms with Gasteiger partial charge >= 0.3 is 5.97 Å². The average Bonchev–Trinajstić information content (AvgIpc) is 2.67. The van der Waals surface area contributed by atoms with Crippen molar-refractivity contribution >= 4 is 11.9 Å². The fourth-order valence-electron chi connectivity index (χ4n) is 1.44. The van der Waals surface area contributed by atoms with Crippen molar-refractivity contribution < 1.29 is 19.1 Å². The molecule has 1 heterocycles. The van der Waals surface area contributed by atoms with Gasteiger partial charge in [-0.25, -0.2) is 0 Å². The minimum Gasteiger partial charge on any atom is -0.466 e. The van der Waals surface area contributed by atoms with E-state index in [2.05, 4.69) is 10.1 Å². The number of carbonyl (C=O) groups is 2. The van der Waals surface area contributed by atoms with Crippen LogP contribution >= 0.6 is 0 Å². The maximum Gasteiger partial charge on any atom is 0.315 e. The molecule has 86 valence electrons. The molecule has 1 N–H and O–H groups in total. The van der Waals surface area contributed by atoms with Crippen LogP contribution in [-0.4, -0.2) is 37.7 Å². The van der Waals surface area contributed by atoms with Crippen LogP contribution in [0.15, 0.2) is 0 Å². The normalized spacial score (nSPS) is 19.9. The molecule has 1 atom stereocenters. The highest BCUT2D eigenvalue weighted by molar-refractivity contribution is 5.94. The molecular formula is C10H17NO4. The van der Waals surface area contributed by atoms with E-state index in [9.17, 15) is 9.59 Å². The van der Waals surface area contributed by atoms with Gasteiger partial charge in [-0.05, 0) is 19.8 Å². The van der Waals surface area contributed by atoms with Crippen LogP contribution in [0.25, 0.3) is 0 Å². The third-order valence-corrected chi connectivity index (χ3v) is 2.16. The van der Waals surface area contributed by atoms with Crippen LogP contribution in [-0.2, 0) is 19.1 Å². The second-order valence-electron chi connectivity index (χ2n) is 3.42. The summed E-state index contributed by atoms with van der Waals surface area (Å²) >= 11 is 0. The van der Waals surface area contributed by atoms with Crippen LogP contribution in [0.1, 0.15) is 26.2 Å². The van der Waals surface area contributed by atoms with E-state index in [0.717, 1.165) is 19.4 Å². The highest BCUT2D eigenvalue weighted by Crippen LogP contribution is 2.10. The van der Waals surface area contributed by atoms with E-state index in [1.54, 1.807) is 6.92 Å². The molecule has 0 aromatic heterocycles. The molecule has 0 radical (unpaired) electrons. The molecule has 0 spiro atoms. The number of ether oxygens (including phenoxy) is 2. The van der Waals surface area contributed by atoms with E-state index < -0.39 is 5.97 Å². The van der Waals surface area contributed by atoms with Gasteiger partial charge in [-0.3, -0.25) is 9.59 Å². The number of nitrogens with one attached hydrogen (secondary N) is 1. The lowest BCUT2D eigenvalue weighted by Gasteiger charge is -2.10. The number of hydrogen-bond acceptors (Lipinski definition) is 4. The van der Waals surface area contributed by atoms with E-state index in [4.69, 9.17) is 4.74 Å². The molecule has 0 saturated carbocycles. The van der Waals surface area contributed by atoms with Crippen LogP contribution in [0.4, 0.5) is 0 Å². The third-order valence-electron chi connectivity index (χ3n) is 2.16. The van der Waals surface area contributed by atoms with E-state index in [1.807, 2.05) is 0 Å². The van der Waals surface area contributed by atoms with Crippen molar-refractivity contribution in [1.82, 2.24) is 5.32 Å². The number of rotatable bonds is 5. The first-order valence-corrected chi connectivity index (χ1v) is 5.26. The predicted molar refractivity (Wildman–Crippen MR) is 53.2 cm³/mol. The van der Waals surface area contributed by atoms with Crippen molar-refractivity contribution in [3.8, 4) is 0 Å². The monoisotopic (exact) mass is 215 g/mol. The van der Waals surface area contributed by atoms with Crippen molar-refractivity contribution in [2.75, 3.05) is 19.8 Å². The number of carbonyl (C=O) groups excluding carboxylic acids is 2. The molecule has 15 heavy (non-hydrogen) atoms. The summed E-state index contributed by atoms with van der Waals surface area (Å²) in [5.41, 5.74) is 0. The summed E-state index contributed by atoms with van der Waals surface area (Å²) in [5, 5.41) is 2.65. The lowest BCUT2D eigenvalue weighted by Crippen LogP contribution is -2.33. The van der Waals surface area contributed by atoms with Gasteiger partial charge in [0, 0.05) is 13.2 Å². The fourth-order valence-corrected chi connectivity index (χ4v) is 1.44. The molecule has 0 aliphatic carbocycles. The molecule has 1 saturated heterocycles. The lowest BCUT2D eigenvalue weighted by atomic mass is 10.2.